The molecule has 0 aliphatic carbocycles. The highest BCUT2D eigenvalue weighted by Crippen LogP contribution is 2.11. The van der Waals surface area contributed by atoms with Crippen LogP contribution < -0.4 is 4.74 Å². The van der Waals surface area contributed by atoms with Crippen molar-refractivity contribution in [1.29, 1.82) is 0 Å². The number of esters is 1. The second kappa shape index (κ2) is 6.06. The van der Waals surface area contributed by atoms with Gasteiger partial charge in [-0.25, -0.2) is 4.79 Å². The zero-order valence-electron chi connectivity index (χ0n) is 9.10. The summed E-state index contributed by atoms with van der Waals surface area (Å²) in [6.45, 7) is 4.09. The summed E-state index contributed by atoms with van der Waals surface area (Å²) in [4.78, 5) is 11.4. The predicted octanol–water partition coefficient (Wildman–Crippen LogP) is 2.41. The normalized spacial score (nSPS) is 11.9. The van der Waals surface area contributed by atoms with E-state index >= 15 is 0 Å². The van der Waals surface area contributed by atoms with Crippen molar-refractivity contribution < 1.29 is 14.3 Å². The Labute approximate surface area is 90.0 Å². The first-order chi connectivity index (χ1) is 7.24. The lowest BCUT2D eigenvalue weighted by atomic mass is 10.3. The third-order valence-electron chi connectivity index (χ3n) is 1.84. The van der Waals surface area contributed by atoms with Gasteiger partial charge in [0.05, 0.1) is 6.61 Å². The molecule has 3 heteroatoms. The van der Waals surface area contributed by atoms with Crippen LogP contribution in [-0.2, 0) is 9.53 Å². The lowest BCUT2D eigenvalue weighted by Gasteiger charge is -2.13. The molecule has 0 aliphatic heterocycles. The van der Waals surface area contributed by atoms with Crippen LogP contribution in [0.1, 0.15) is 20.3 Å². The minimum Gasteiger partial charge on any atom is -0.479 e. The van der Waals surface area contributed by atoms with Crippen molar-refractivity contribution in [1.82, 2.24) is 0 Å². The lowest BCUT2D eigenvalue weighted by Crippen LogP contribution is -2.26. The van der Waals surface area contributed by atoms with Crippen LogP contribution in [0.15, 0.2) is 30.3 Å². The summed E-state index contributed by atoms with van der Waals surface area (Å²) in [5, 5.41) is 0. The molecule has 0 amide bonds. The highest BCUT2D eigenvalue weighted by Gasteiger charge is 2.15. The number of para-hydroxylation sites is 1. The molecule has 0 unspecified atom stereocenters. The summed E-state index contributed by atoms with van der Waals surface area (Å²) in [7, 11) is 0. The fraction of sp³-hybridized carbons (Fsp3) is 0.417. The molecule has 0 heterocycles. The van der Waals surface area contributed by atoms with Crippen molar-refractivity contribution in [2.75, 3.05) is 6.61 Å². The first-order valence-corrected chi connectivity index (χ1v) is 5.12. The number of hydrogen-bond acceptors (Lipinski definition) is 3. The summed E-state index contributed by atoms with van der Waals surface area (Å²) in [6, 6.07) is 9.24. The number of carbonyl (C=O) groups excluding carboxylic acids is 1. The average molecular weight is 208 g/mol. The zero-order chi connectivity index (χ0) is 11.1. The molecule has 0 aliphatic rings. The maximum absolute atomic E-state index is 11.4. The summed E-state index contributed by atoms with van der Waals surface area (Å²) < 4.78 is 10.4. The largest absolute Gasteiger partial charge is 0.479 e. The Morgan fingerprint density at radius 2 is 2.00 bits per heavy atom. The Kier molecular flexibility index (Phi) is 4.68. The van der Waals surface area contributed by atoms with Gasteiger partial charge in [0, 0.05) is 0 Å². The predicted molar refractivity (Wildman–Crippen MR) is 57.8 cm³/mol. The quantitative estimate of drug-likeness (QED) is 0.697. The van der Waals surface area contributed by atoms with E-state index in [2.05, 4.69) is 0 Å². The zero-order valence-corrected chi connectivity index (χ0v) is 9.10. The molecule has 15 heavy (non-hydrogen) atoms. The summed E-state index contributed by atoms with van der Waals surface area (Å²) in [6.07, 6.45) is 0.267. The van der Waals surface area contributed by atoms with Crippen LogP contribution >= 0.6 is 0 Å². The number of rotatable bonds is 5. The van der Waals surface area contributed by atoms with Gasteiger partial charge >= 0.3 is 5.97 Å². The van der Waals surface area contributed by atoms with Gasteiger partial charge in [0.2, 0.25) is 0 Å². The van der Waals surface area contributed by atoms with Crippen LogP contribution in [0.2, 0.25) is 0 Å². The fourth-order valence-electron chi connectivity index (χ4n) is 1.07. The summed E-state index contributed by atoms with van der Waals surface area (Å²) in [5.41, 5.74) is 0. The van der Waals surface area contributed by atoms with Gasteiger partial charge in [0.25, 0.3) is 0 Å². The lowest BCUT2D eigenvalue weighted by molar-refractivity contribution is -0.151. The molecule has 0 spiro atoms. The Bertz CT molecular complexity index is 295. The third kappa shape index (κ3) is 4.02. The molecule has 0 bridgehead atoms. The van der Waals surface area contributed by atoms with Gasteiger partial charge in [-0.1, -0.05) is 25.1 Å². The molecular weight excluding hydrogens is 192 g/mol. The maximum atomic E-state index is 11.4. The number of benzene rings is 1. The monoisotopic (exact) mass is 208 g/mol. The van der Waals surface area contributed by atoms with Gasteiger partial charge < -0.3 is 9.47 Å². The second-order valence-electron chi connectivity index (χ2n) is 3.24. The molecule has 1 atom stereocenters. The van der Waals surface area contributed by atoms with E-state index in [1.54, 1.807) is 6.92 Å². The average Bonchev–Trinajstić information content (AvgIpc) is 2.27. The first kappa shape index (κ1) is 11.6. The van der Waals surface area contributed by atoms with E-state index in [9.17, 15) is 4.79 Å². The molecule has 0 saturated carbocycles. The second-order valence-corrected chi connectivity index (χ2v) is 3.24. The first-order valence-electron chi connectivity index (χ1n) is 5.12. The Morgan fingerprint density at radius 3 is 2.60 bits per heavy atom. The van der Waals surface area contributed by atoms with Gasteiger partial charge in [-0.15, -0.1) is 0 Å². The molecule has 82 valence electrons. The standard InChI is InChI=1S/C12H16O3/c1-3-9-14-12(13)10(2)15-11-7-5-4-6-8-11/h4-8,10H,3,9H2,1-2H3/t10-/m1/s1. The summed E-state index contributed by atoms with van der Waals surface area (Å²) in [5.74, 6) is 0.360. The van der Waals surface area contributed by atoms with E-state index in [0.29, 0.717) is 12.4 Å². The molecule has 1 aromatic carbocycles. The molecule has 0 aromatic heterocycles. The van der Waals surface area contributed by atoms with Crippen LogP contribution in [0.25, 0.3) is 0 Å². The molecular formula is C12H16O3. The van der Waals surface area contributed by atoms with E-state index in [-0.39, 0.29) is 5.97 Å². The van der Waals surface area contributed by atoms with Crippen molar-refractivity contribution >= 4 is 5.97 Å². The van der Waals surface area contributed by atoms with E-state index in [1.807, 2.05) is 37.3 Å². The number of ether oxygens (including phenoxy) is 2. The van der Waals surface area contributed by atoms with Crippen molar-refractivity contribution in [3.63, 3.8) is 0 Å². The van der Waals surface area contributed by atoms with Gasteiger partial charge in [0.15, 0.2) is 6.10 Å². The number of hydrogen-bond donors (Lipinski definition) is 0. The number of carbonyl (C=O) groups is 1. The van der Waals surface area contributed by atoms with Crippen molar-refractivity contribution in [2.24, 2.45) is 0 Å². The van der Waals surface area contributed by atoms with Crippen molar-refractivity contribution in [2.45, 2.75) is 26.4 Å². The Morgan fingerprint density at radius 1 is 1.33 bits per heavy atom. The van der Waals surface area contributed by atoms with Crippen molar-refractivity contribution in [3.05, 3.63) is 30.3 Å². The Hall–Kier alpha value is -1.51. The topological polar surface area (TPSA) is 35.5 Å². The van der Waals surface area contributed by atoms with Crippen LogP contribution in [0.5, 0.6) is 5.75 Å². The highest BCUT2D eigenvalue weighted by atomic mass is 16.6. The molecule has 0 radical (unpaired) electrons. The van der Waals surface area contributed by atoms with Crippen LogP contribution in [-0.4, -0.2) is 18.7 Å². The fourth-order valence-corrected chi connectivity index (χ4v) is 1.07. The van der Waals surface area contributed by atoms with Gasteiger partial charge in [-0.3, -0.25) is 0 Å². The van der Waals surface area contributed by atoms with E-state index in [1.165, 1.54) is 0 Å². The summed E-state index contributed by atoms with van der Waals surface area (Å²) >= 11 is 0. The van der Waals surface area contributed by atoms with Gasteiger partial charge in [-0.2, -0.15) is 0 Å². The molecule has 1 rings (SSSR count). The maximum Gasteiger partial charge on any atom is 0.347 e. The van der Waals surface area contributed by atoms with E-state index in [0.717, 1.165) is 6.42 Å². The van der Waals surface area contributed by atoms with Crippen LogP contribution in [0.3, 0.4) is 0 Å². The van der Waals surface area contributed by atoms with Gasteiger partial charge in [-0.05, 0) is 25.5 Å². The minimum atomic E-state index is -0.557. The smallest absolute Gasteiger partial charge is 0.347 e. The van der Waals surface area contributed by atoms with E-state index < -0.39 is 6.10 Å². The molecule has 0 fully saturated rings. The molecule has 0 saturated heterocycles. The molecule has 3 nitrogen and oxygen atoms in total. The van der Waals surface area contributed by atoms with Crippen LogP contribution in [0, 0.1) is 0 Å². The highest BCUT2D eigenvalue weighted by molar-refractivity contribution is 5.74. The molecule has 0 N–H and O–H groups in total. The third-order valence-corrected chi connectivity index (χ3v) is 1.84. The SMILES string of the molecule is CCCOC(=O)[C@@H](C)Oc1ccccc1. The van der Waals surface area contributed by atoms with Crippen molar-refractivity contribution in [3.8, 4) is 5.75 Å². The van der Waals surface area contributed by atoms with Gasteiger partial charge in [0.1, 0.15) is 5.75 Å². The molecule has 1 aromatic rings. The van der Waals surface area contributed by atoms with E-state index in [4.69, 9.17) is 9.47 Å². The van der Waals surface area contributed by atoms with Crippen LogP contribution in [0.4, 0.5) is 0 Å². The minimum absolute atomic E-state index is 0.319. The Balaban J connectivity index is 2.41.